The Bertz CT molecular complexity index is 488. The number of sulfonamides is 1. The molecule has 7 heteroatoms. The van der Waals surface area contributed by atoms with Crippen LogP contribution in [0, 0.1) is 0 Å². The minimum absolute atomic E-state index is 0.00431. The predicted octanol–water partition coefficient (Wildman–Crippen LogP) is 0.491. The first-order valence-electron chi connectivity index (χ1n) is 5.72. The van der Waals surface area contributed by atoms with Crippen LogP contribution < -0.4 is 16.2 Å². The molecule has 0 aliphatic heterocycles. The van der Waals surface area contributed by atoms with E-state index in [1.807, 2.05) is 0 Å². The monoisotopic (exact) mass is 273 g/mol. The van der Waals surface area contributed by atoms with Gasteiger partial charge < -0.3 is 16.2 Å². The van der Waals surface area contributed by atoms with Gasteiger partial charge in [0.15, 0.2) is 0 Å². The van der Waals surface area contributed by atoms with Crippen LogP contribution in [0.4, 0.5) is 11.4 Å². The van der Waals surface area contributed by atoms with Crippen LogP contribution in [0.15, 0.2) is 23.1 Å². The van der Waals surface area contributed by atoms with Crippen molar-refractivity contribution in [1.29, 1.82) is 0 Å². The molecule has 0 atom stereocenters. The van der Waals surface area contributed by atoms with E-state index in [0.717, 1.165) is 19.3 Å². The summed E-state index contributed by atoms with van der Waals surface area (Å²) in [6, 6.07) is 4.55. The van der Waals surface area contributed by atoms with Gasteiger partial charge in [-0.15, -0.1) is 0 Å². The van der Waals surface area contributed by atoms with E-state index >= 15 is 0 Å². The topological polar surface area (TPSA) is 118 Å². The number of nitrogens with one attached hydrogen (secondary N) is 1. The average Bonchev–Trinajstić information content (AvgIpc) is 2.29. The second-order valence-corrected chi connectivity index (χ2v) is 5.54. The lowest BCUT2D eigenvalue weighted by Gasteiger charge is -2.11. The Balaban J connectivity index is 2.71. The van der Waals surface area contributed by atoms with Gasteiger partial charge in [0, 0.05) is 18.8 Å². The second-order valence-electron chi connectivity index (χ2n) is 4.01. The van der Waals surface area contributed by atoms with Crippen molar-refractivity contribution >= 4 is 21.4 Å². The Morgan fingerprint density at radius 3 is 2.56 bits per heavy atom. The van der Waals surface area contributed by atoms with Gasteiger partial charge in [0.05, 0.1) is 5.69 Å². The van der Waals surface area contributed by atoms with E-state index in [-0.39, 0.29) is 11.5 Å². The summed E-state index contributed by atoms with van der Waals surface area (Å²) in [5.41, 5.74) is 6.35. The molecule has 0 heterocycles. The van der Waals surface area contributed by atoms with E-state index in [1.54, 1.807) is 12.1 Å². The van der Waals surface area contributed by atoms with Crippen molar-refractivity contribution in [1.82, 2.24) is 0 Å². The number of unbranched alkanes of at least 4 members (excludes halogenated alkanes) is 2. The van der Waals surface area contributed by atoms with Crippen molar-refractivity contribution < 1.29 is 13.5 Å². The molecule has 0 saturated carbocycles. The van der Waals surface area contributed by atoms with Gasteiger partial charge in [-0.2, -0.15) is 0 Å². The quantitative estimate of drug-likeness (QED) is 0.426. The Morgan fingerprint density at radius 1 is 1.22 bits per heavy atom. The number of aliphatic hydroxyl groups excluding tert-OH is 1. The summed E-state index contributed by atoms with van der Waals surface area (Å²) in [7, 11) is -3.79. The van der Waals surface area contributed by atoms with Crippen molar-refractivity contribution in [3.63, 3.8) is 0 Å². The number of benzene rings is 1. The number of primary sulfonamides is 1. The van der Waals surface area contributed by atoms with Crippen molar-refractivity contribution in [3.05, 3.63) is 18.2 Å². The van der Waals surface area contributed by atoms with E-state index in [9.17, 15) is 8.42 Å². The van der Waals surface area contributed by atoms with Crippen molar-refractivity contribution in [2.75, 3.05) is 24.2 Å². The molecule has 1 aromatic carbocycles. The van der Waals surface area contributed by atoms with Crippen LogP contribution in [0.25, 0.3) is 0 Å². The zero-order chi connectivity index (χ0) is 13.6. The summed E-state index contributed by atoms with van der Waals surface area (Å²) in [5.74, 6) is 0. The summed E-state index contributed by atoms with van der Waals surface area (Å²) in [6.07, 6.45) is 2.46. The van der Waals surface area contributed by atoms with Gasteiger partial charge in [-0.05, 0) is 37.5 Å². The largest absolute Gasteiger partial charge is 0.399 e. The zero-order valence-electron chi connectivity index (χ0n) is 10.1. The molecule has 1 aromatic rings. The minimum atomic E-state index is -3.79. The Hall–Kier alpha value is -1.31. The Kier molecular flexibility index (Phi) is 5.39. The van der Waals surface area contributed by atoms with E-state index in [4.69, 9.17) is 16.0 Å². The molecule has 0 aromatic heterocycles. The zero-order valence-corrected chi connectivity index (χ0v) is 10.9. The third kappa shape index (κ3) is 4.52. The molecule has 0 saturated heterocycles. The number of hydrogen-bond acceptors (Lipinski definition) is 5. The molecule has 0 fully saturated rings. The van der Waals surface area contributed by atoms with Crippen LogP contribution in [-0.2, 0) is 10.0 Å². The molecular formula is C11H19N3O3S. The summed E-state index contributed by atoms with van der Waals surface area (Å²) in [4.78, 5) is 0.00431. The fraction of sp³-hybridized carbons (Fsp3) is 0.455. The fourth-order valence-electron chi connectivity index (χ4n) is 1.56. The van der Waals surface area contributed by atoms with Gasteiger partial charge in [0.1, 0.15) is 4.90 Å². The van der Waals surface area contributed by atoms with Gasteiger partial charge in [0.25, 0.3) is 0 Å². The van der Waals surface area contributed by atoms with Gasteiger partial charge in [-0.25, -0.2) is 13.6 Å². The lowest BCUT2D eigenvalue weighted by molar-refractivity contribution is 0.283. The number of aliphatic hydroxyl groups is 1. The number of anilines is 2. The maximum atomic E-state index is 11.4. The van der Waals surface area contributed by atoms with Crippen LogP contribution in [0.2, 0.25) is 0 Å². The SMILES string of the molecule is Nc1ccc(NCCCCCO)c(S(N)(=O)=O)c1. The van der Waals surface area contributed by atoms with E-state index in [0.29, 0.717) is 17.9 Å². The molecule has 6 nitrogen and oxygen atoms in total. The number of nitrogen functional groups attached to an aromatic ring is 1. The Labute approximate surface area is 107 Å². The maximum Gasteiger partial charge on any atom is 0.240 e. The first-order valence-corrected chi connectivity index (χ1v) is 7.27. The fourth-order valence-corrected chi connectivity index (χ4v) is 2.30. The molecule has 0 amide bonds. The molecule has 102 valence electrons. The highest BCUT2D eigenvalue weighted by molar-refractivity contribution is 7.89. The molecule has 6 N–H and O–H groups in total. The van der Waals surface area contributed by atoms with Crippen molar-refractivity contribution in [2.24, 2.45) is 5.14 Å². The van der Waals surface area contributed by atoms with Gasteiger partial charge in [-0.1, -0.05) is 0 Å². The van der Waals surface area contributed by atoms with Gasteiger partial charge in [0.2, 0.25) is 10.0 Å². The van der Waals surface area contributed by atoms with Crippen LogP contribution >= 0.6 is 0 Å². The lowest BCUT2D eigenvalue weighted by Crippen LogP contribution is -2.16. The highest BCUT2D eigenvalue weighted by Crippen LogP contribution is 2.22. The summed E-state index contributed by atoms with van der Waals surface area (Å²) < 4.78 is 22.8. The number of nitrogens with two attached hydrogens (primary N) is 2. The lowest BCUT2D eigenvalue weighted by atomic mass is 10.2. The highest BCUT2D eigenvalue weighted by Gasteiger charge is 2.13. The summed E-state index contributed by atoms with van der Waals surface area (Å²) >= 11 is 0. The van der Waals surface area contributed by atoms with Crippen molar-refractivity contribution in [2.45, 2.75) is 24.2 Å². The predicted molar refractivity (Wildman–Crippen MR) is 71.7 cm³/mol. The maximum absolute atomic E-state index is 11.4. The van der Waals surface area contributed by atoms with E-state index in [2.05, 4.69) is 5.32 Å². The molecule has 18 heavy (non-hydrogen) atoms. The van der Waals surface area contributed by atoms with Gasteiger partial charge in [-0.3, -0.25) is 0 Å². The smallest absolute Gasteiger partial charge is 0.240 e. The second kappa shape index (κ2) is 6.58. The van der Waals surface area contributed by atoms with E-state index < -0.39 is 10.0 Å². The molecule has 0 radical (unpaired) electrons. The number of hydrogen-bond donors (Lipinski definition) is 4. The molecule has 0 aliphatic carbocycles. The first-order chi connectivity index (χ1) is 8.45. The average molecular weight is 273 g/mol. The molecule has 0 bridgehead atoms. The van der Waals surface area contributed by atoms with E-state index in [1.165, 1.54) is 6.07 Å². The number of rotatable bonds is 7. The first kappa shape index (κ1) is 14.7. The third-order valence-corrected chi connectivity index (χ3v) is 3.41. The molecule has 1 rings (SSSR count). The van der Waals surface area contributed by atoms with Crippen LogP contribution in [0.1, 0.15) is 19.3 Å². The van der Waals surface area contributed by atoms with Crippen LogP contribution in [0.3, 0.4) is 0 Å². The van der Waals surface area contributed by atoms with Crippen molar-refractivity contribution in [3.8, 4) is 0 Å². The normalized spacial score (nSPS) is 11.4. The molecule has 0 aliphatic rings. The van der Waals surface area contributed by atoms with Crippen LogP contribution in [-0.4, -0.2) is 26.7 Å². The molecular weight excluding hydrogens is 254 g/mol. The molecule has 0 unspecified atom stereocenters. The van der Waals surface area contributed by atoms with Gasteiger partial charge >= 0.3 is 0 Å². The van der Waals surface area contributed by atoms with Crippen LogP contribution in [0.5, 0.6) is 0 Å². The highest BCUT2D eigenvalue weighted by atomic mass is 32.2. The summed E-state index contributed by atoms with van der Waals surface area (Å²) in [6.45, 7) is 0.788. The standard InChI is InChI=1S/C11H19N3O3S/c12-9-4-5-10(11(8-9)18(13,16)17)14-6-2-1-3-7-15/h4-5,8,14-15H,1-3,6-7,12H2,(H2,13,16,17). The minimum Gasteiger partial charge on any atom is -0.399 e. The Morgan fingerprint density at radius 2 is 1.94 bits per heavy atom. The molecule has 0 spiro atoms. The summed E-state index contributed by atoms with van der Waals surface area (Å²) in [5, 5.41) is 16.8. The third-order valence-electron chi connectivity index (χ3n) is 2.46.